The number of aryl methyl sites for hydroxylation is 2. The molecular formula is C18H21NO3S2. The summed E-state index contributed by atoms with van der Waals surface area (Å²) in [6.45, 7) is 4.40. The van der Waals surface area contributed by atoms with Crippen LogP contribution in [-0.4, -0.2) is 36.8 Å². The minimum Gasteiger partial charge on any atom is -0.329 e. The summed E-state index contributed by atoms with van der Waals surface area (Å²) in [7, 11) is -3.05. The van der Waals surface area contributed by atoms with Crippen LogP contribution in [-0.2, 0) is 16.4 Å². The molecule has 0 N–H and O–H groups in total. The molecule has 0 spiro atoms. The highest BCUT2D eigenvalue weighted by Gasteiger charge is 2.35. The molecule has 0 unspecified atom stereocenters. The number of hydrogen-bond acceptors (Lipinski definition) is 4. The quantitative estimate of drug-likeness (QED) is 0.838. The minimum atomic E-state index is -3.05. The highest BCUT2D eigenvalue weighted by Crippen LogP contribution is 2.26. The third-order valence-corrected chi connectivity index (χ3v) is 7.33. The van der Waals surface area contributed by atoms with Crippen LogP contribution in [0.4, 0.5) is 0 Å². The molecule has 0 saturated carbocycles. The van der Waals surface area contributed by atoms with Crippen LogP contribution in [0.15, 0.2) is 35.7 Å². The van der Waals surface area contributed by atoms with Crippen LogP contribution in [0.25, 0.3) is 0 Å². The molecule has 0 aliphatic carbocycles. The lowest BCUT2D eigenvalue weighted by Gasteiger charge is -2.29. The first kappa shape index (κ1) is 17.2. The standard InChI is InChI=1S/C18H21NO3S2/c1-13-5-3-4-6-16(13)18(20)19(11-17-14(2)7-9-23-17)15-8-10-24(21,22)12-15/h3-7,9,15H,8,10-12H2,1-2H3/t15-/m0/s1. The maximum atomic E-state index is 13.1. The Bertz CT molecular complexity index is 855. The zero-order chi connectivity index (χ0) is 17.3. The van der Waals surface area contributed by atoms with Gasteiger partial charge in [0.25, 0.3) is 5.91 Å². The van der Waals surface area contributed by atoms with Crippen molar-refractivity contribution in [3.63, 3.8) is 0 Å². The van der Waals surface area contributed by atoms with Crippen LogP contribution in [0, 0.1) is 13.8 Å². The summed E-state index contributed by atoms with van der Waals surface area (Å²) in [4.78, 5) is 16.0. The van der Waals surface area contributed by atoms with E-state index in [2.05, 4.69) is 0 Å². The van der Waals surface area contributed by atoms with Crippen molar-refractivity contribution in [3.8, 4) is 0 Å². The lowest BCUT2D eigenvalue weighted by molar-refractivity contribution is 0.0682. The number of nitrogens with zero attached hydrogens (tertiary/aromatic N) is 1. The van der Waals surface area contributed by atoms with Crippen LogP contribution in [0.5, 0.6) is 0 Å². The van der Waals surface area contributed by atoms with Crippen LogP contribution in [0.2, 0.25) is 0 Å². The summed E-state index contributed by atoms with van der Waals surface area (Å²) in [6.07, 6.45) is 0.518. The molecule has 1 amide bonds. The number of amides is 1. The fraction of sp³-hybridized carbons (Fsp3) is 0.389. The average Bonchev–Trinajstić information content (AvgIpc) is 3.10. The van der Waals surface area contributed by atoms with Crippen molar-refractivity contribution in [3.05, 3.63) is 57.3 Å². The van der Waals surface area contributed by atoms with Crippen LogP contribution >= 0.6 is 11.3 Å². The highest BCUT2D eigenvalue weighted by atomic mass is 32.2. The molecule has 1 aromatic heterocycles. The first-order chi connectivity index (χ1) is 11.4. The van der Waals surface area contributed by atoms with Gasteiger partial charge < -0.3 is 4.90 Å². The molecule has 1 saturated heterocycles. The molecule has 3 rings (SSSR count). The molecule has 6 heteroatoms. The van der Waals surface area contributed by atoms with Gasteiger partial charge in [-0.25, -0.2) is 8.42 Å². The van der Waals surface area contributed by atoms with E-state index in [-0.39, 0.29) is 23.5 Å². The Morgan fingerprint density at radius 1 is 1.21 bits per heavy atom. The number of benzene rings is 1. The van der Waals surface area contributed by atoms with Crippen molar-refractivity contribution in [2.75, 3.05) is 11.5 Å². The van der Waals surface area contributed by atoms with E-state index in [1.54, 1.807) is 16.2 Å². The third kappa shape index (κ3) is 3.54. The number of rotatable bonds is 4. The number of sulfone groups is 1. The van der Waals surface area contributed by atoms with Crippen molar-refractivity contribution in [2.24, 2.45) is 0 Å². The summed E-state index contributed by atoms with van der Waals surface area (Å²) >= 11 is 1.61. The molecule has 128 valence electrons. The molecule has 1 aliphatic heterocycles. The van der Waals surface area contributed by atoms with E-state index in [1.165, 1.54) is 0 Å². The van der Waals surface area contributed by atoms with E-state index >= 15 is 0 Å². The fourth-order valence-corrected chi connectivity index (χ4v) is 5.71. The smallest absolute Gasteiger partial charge is 0.254 e. The van der Waals surface area contributed by atoms with Crippen molar-refractivity contribution in [1.82, 2.24) is 4.90 Å². The van der Waals surface area contributed by atoms with E-state index in [4.69, 9.17) is 0 Å². The van der Waals surface area contributed by atoms with Crippen molar-refractivity contribution < 1.29 is 13.2 Å². The topological polar surface area (TPSA) is 54.5 Å². The zero-order valence-electron chi connectivity index (χ0n) is 13.9. The summed E-state index contributed by atoms with van der Waals surface area (Å²) in [5.74, 6) is 0.149. The molecule has 2 heterocycles. The van der Waals surface area contributed by atoms with Gasteiger partial charge in [0.2, 0.25) is 0 Å². The third-order valence-electron chi connectivity index (χ3n) is 4.57. The molecule has 1 fully saturated rings. The van der Waals surface area contributed by atoms with Gasteiger partial charge in [0.1, 0.15) is 0 Å². The maximum Gasteiger partial charge on any atom is 0.254 e. The average molecular weight is 364 g/mol. The van der Waals surface area contributed by atoms with Gasteiger partial charge in [-0.2, -0.15) is 0 Å². The molecule has 24 heavy (non-hydrogen) atoms. The van der Waals surface area contributed by atoms with E-state index in [0.717, 1.165) is 16.0 Å². The number of hydrogen-bond donors (Lipinski definition) is 0. The van der Waals surface area contributed by atoms with Crippen molar-refractivity contribution in [1.29, 1.82) is 0 Å². The van der Waals surface area contributed by atoms with Gasteiger partial charge in [0.05, 0.1) is 18.1 Å². The van der Waals surface area contributed by atoms with Gasteiger partial charge >= 0.3 is 0 Å². The number of carbonyl (C=O) groups is 1. The van der Waals surface area contributed by atoms with Gasteiger partial charge in [0, 0.05) is 16.5 Å². The summed E-state index contributed by atoms with van der Waals surface area (Å²) in [5.41, 5.74) is 2.70. The summed E-state index contributed by atoms with van der Waals surface area (Å²) in [5, 5.41) is 2.01. The van der Waals surface area contributed by atoms with Gasteiger partial charge in [-0.3, -0.25) is 4.79 Å². The van der Waals surface area contributed by atoms with E-state index in [1.807, 2.05) is 49.6 Å². The van der Waals surface area contributed by atoms with Crippen molar-refractivity contribution >= 4 is 27.1 Å². The highest BCUT2D eigenvalue weighted by molar-refractivity contribution is 7.91. The Hall–Kier alpha value is -1.66. The first-order valence-electron chi connectivity index (χ1n) is 7.97. The predicted molar refractivity (Wildman–Crippen MR) is 97.2 cm³/mol. The SMILES string of the molecule is Cc1ccccc1C(=O)N(Cc1sccc1C)[C@H]1CCS(=O)(=O)C1. The van der Waals surface area contributed by atoms with Gasteiger partial charge in [-0.05, 0) is 48.9 Å². The molecule has 4 nitrogen and oxygen atoms in total. The van der Waals surface area contributed by atoms with Gasteiger partial charge in [0.15, 0.2) is 9.84 Å². The first-order valence-corrected chi connectivity index (χ1v) is 10.7. The van der Waals surface area contributed by atoms with Crippen LogP contribution in [0.3, 0.4) is 0 Å². The normalized spacial score (nSPS) is 19.3. The molecule has 0 bridgehead atoms. The Kier molecular flexibility index (Phi) is 4.78. The largest absolute Gasteiger partial charge is 0.329 e. The second kappa shape index (κ2) is 6.69. The van der Waals surface area contributed by atoms with Crippen LogP contribution < -0.4 is 0 Å². The second-order valence-corrected chi connectivity index (χ2v) is 9.56. The minimum absolute atomic E-state index is 0.0645. The number of carbonyl (C=O) groups excluding carboxylic acids is 1. The Balaban J connectivity index is 1.94. The lowest BCUT2D eigenvalue weighted by Crippen LogP contribution is -2.40. The van der Waals surface area contributed by atoms with E-state index in [0.29, 0.717) is 18.5 Å². The summed E-state index contributed by atoms with van der Waals surface area (Å²) < 4.78 is 23.8. The van der Waals surface area contributed by atoms with Gasteiger partial charge in [-0.15, -0.1) is 11.3 Å². The Morgan fingerprint density at radius 3 is 2.54 bits per heavy atom. The Labute approximate surface area is 147 Å². The molecule has 1 aromatic carbocycles. The summed E-state index contributed by atoms with van der Waals surface area (Å²) in [6, 6.07) is 9.26. The Morgan fingerprint density at radius 2 is 1.96 bits per heavy atom. The molecule has 1 atom stereocenters. The monoisotopic (exact) mass is 363 g/mol. The molecular weight excluding hydrogens is 342 g/mol. The van der Waals surface area contributed by atoms with Crippen molar-refractivity contribution in [2.45, 2.75) is 32.9 Å². The zero-order valence-corrected chi connectivity index (χ0v) is 15.5. The van der Waals surface area contributed by atoms with E-state index < -0.39 is 9.84 Å². The number of thiophene rings is 1. The fourth-order valence-electron chi connectivity index (χ4n) is 3.08. The molecule has 1 aliphatic rings. The van der Waals surface area contributed by atoms with Crippen LogP contribution in [0.1, 0.15) is 32.8 Å². The molecule has 2 aromatic rings. The second-order valence-electron chi connectivity index (χ2n) is 6.33. The van der Waals surface area contributed by atoms with E-state index in [9.17, 15) is 13.2 Å². The predicted octanol–water partition coefficient (Wildman–Crippen LogP) is 3.19. The lowest BCUT2D eigenvalue weighted by atomic mass is 10.1. The van der Waals surface area contributed by atoms with Gasteiger partial charge in [-0.1, -0.05) is 18.2 Å². The maximum absolute atomic E-state index is 13.1. The molecule has 0 radical (unpaired) electrons.